The predicted octanol–water partition coefficient (Wildman–Crippen LogP) is 3.78. The second-order valence-electron chi connectivity index (χ2n) is 8.48. The highest BCUT2D eigenvalue weighted by Crippen LogP contribution is 2.40. The van der Waals surface area contributed by atoms with Crippen molar-refractivity contribution in [2.75, 3.05) is 16.8 Å². The van der Waals surface area contributed by atoms with Gasteiger partial charge < -0.3 is 10.1 Å². The maximum Gasteiger partial charge on any atom is 0.338 e. The van der Waals surface area contributed by atoms with Crippen LogP contribution in [-0.2, 0) is 19.1 Å². The molecule has 1 saturated carbocycles. The van der Waals surface area contributed by atoms with Gasteiger partial charge >= 0.3 is 5.97 Å². The Labute approximate surface area is 186 Å². The summed E-state index contributed by atoms with van der Waals surface area (Å²) >= 11 is 0. The summed E-state index contributed by atoms with van der Waals surface area (Å²) in [5.74, 6) is -2.07. The van der Waals surface area contributed by atoms with Crippen LogP contribution in [0.5, 0.6) is 0 Å². The molecule has 166 valence electrons. The zero-order chi connectivity index (χ0) is 22.8. The van der Waals surface area contributed by atoms with Crippen LogP contribution >= 0.6 is 0 Å². The quantitative estimate of drug-likeness (QED) is 0.571. The lowest BCUT2D eigenvalue weighted by molar-refractivity contribution is -0.122. The van der Waals surface area contributed by atoms with E-state index in [-0.39, 0.29) is 29.2 Å². The van der Waals surface area contributed by atoms with Crippen molar-refractivity contribution in [2.24, 2.45) is 11.8 Å². The lowest BCUT2D eigenvalue weighted by atomic mass is 9.81. The van der Waals surface area contributed by atoms with Crippen LogP contribution in [0.2, 0.25) is 0 Å². The minimum atomic E-state index is -0.696. The molecule has 2 atom stereocenters. The lowest BCUT2D eigenvalue weighted by Gasteiger charge is -2.19. The first-order valence-electron chi connectivity index (χ1n) is 10.9. The molecule has 4 rings (SSSR count). The summed E-state index contributed by atoms with van der Waals surface area (Å²) < 4.78 is 5.14. The van der Waals surface area contributed by atoms with Gasteiger partial charge in [0.05, 0.1) is 23.1 Å². The van der Waals surface area contributed by atoms with Gasteiger partial charge in [-0.15, -0.1) is 0 Å². The van der Waals surface area contributed by atoms with Gasteiger partial charge in [-0.05, 0) is 68.1 Å². The molecule has 1 saturated heterocycles. The minimum Gasteiger partial charge on any atom is -0.452 e. The zero-order valence-electron chi connectivity index (χ0n) is 18.2. The third kappa shape index (κ3) is 4.28. The van der Waals surface area contributed by atoms with E-state index in [4.69, 9.17) is 4.74 Å². The van der Waals surface area contributed by atoms with Crippen molar-refractivity contribution < 1.29 is 23.9 Å². The third-order valence-electron chi connectivity index (χ3n) is 6.31. The number of benzene rings is 2. The van der Waals surface area contributed by atoms with Crippen LogP contribution in [0, 0.1) is 25.7 Å². The number of carbonyl (C=O) groups is 4. The number of nitrogens with one attached hydrogen (secondary N) is 1. The Morgan fingerprint density at radius 2 is 1.66 bits per heavy atom. The number of carbonyl (C=O) groups excluding carboxylic acids is 4. The van der Waals surface area contributed by atoms with Crippen molar-refractivity contribution in [2.45, 2.75) is 39.5 Å². The van der Waals surface area contributed by atoms with E-state index >= 15 is 0 Å². The Balaban J connectivity index is 1.40. The van der Waals surface area contributed by atoms with Gasteiger partial charge in [-0.1, -0.05) is 25.0 Å². The monoisotopic (exact) mass is 434 g/mol. The largest absolute Gasteiger partial charge is 0.452 e. The van der Waals surface area contributed by atoms with Gasteiger partial charge in [0.1, 0.15) is 0 Å². The number of rotatable bonds is 5. The molecular formula is C25H26N2O5. The van der Waals surface area contributed by atoms with Crippen LogP contribution in [-0.4, -0.2) is 30.3 Å². The van der Waals surface area contributed by atoms with Crippen LogP contribution in [0.4, 0.5) is 11.4 Å². The number of hydrogen-bond acceptors (Lipinski definition) is 5. The van der Waals surface area contributed by atoms with Crippen molar-refractivity contribution in [1.82, 2.24) is 0 Å². The Morgan fingerprint density at radius 3 is 2.31 bits per heavy atom. The Hall–Kier alpha value is -3.48. The highest BCUT2D eigenvalue weighted by molar-refractivity contribution is 6.22. The maximum atomic E-state index is 12.8. The van der Waals surface area contributed by atoms with E-state index in [9.17, 15) is 19.2 Å². The SMILES string of the molecule is Cc1ccc(NC(=O)COC(=O)c2cccc(N3C(=O)[C@H]4CCCC[C@H]4C3=O)c2)cc1C. The molecule has 1 aliphatic heterocycles. The number of esters is 1. The molecule has 0 spiro atoms. The van der Waals surface area contributed by atoms with Crippen LogP contribution in [0.3, 0.4) is 0 Å². The molecule has 2 aromatic rings. The summed E-state index contributed by atoms with van der Waals surface area (Å²) in [4.78, 5) is 51.5. The van der Waals surface area contributed by atoms with Crippen LogP contribution in [0.15, 0.2) is 42.5 Å². The number of aryl methyl sites for hydroxylation is 2. The van der Waals surface area contributed by atoms with E-state index in [0.717, 1.165) is 36.8 Å². The molecule has 0 bridgehead atoms. The van der Waals surface area contributed by atoms with Crippen LogP contribution in [0.1, 0.15) is 47.2 Å². The molecule has 7 heteroatoms. The second-order valence-corrected chi connectivity index (χ2v) is 8.48. The van der Waals surface area contributed by atoms with Gasteiger partial charge in [-0.25, -0.2) is 4.79 Å². The topological polar surface area (TPSA) is 92.8 Å². The maximum absolute atomic E-state index is 12.8. The predicted molar refractivity (Wildman–Crippen MR) is 119 cm³/mol. The lowest BCUT2D eigenvalue weighted by Crippen LogP contribution is -2.31. The number of hydrogen-bond donors (Lipinski definition) is 1. The first-order chi connectivity index (χ1) is 15.3. The van der Waals surface area contributed by atoms with Gasteiger partial charge in [-0.3, -0.25) is 19.3 Å². The van der Waals surface area contributed by atoms with E-state index in [1.807, 2.05) is 26.0 Å². The Morgan fingerprint density at radius 1 is 0.969 bits per heavy atom. The highest BCUT2D eigenvalue weighted by atomic mass is 16.5. The molecule has 2 aromatic carbocycles. The molecular weight excluding hydrogens is 408 g/mol. The fraction of sp³-hybridized carbons (Fsp3) is 0.360. The molecule has 1 heterocycles. The van der Waals surface area contributed by atoms with E-state index in [2.05, 4.69) is 5.32 Å². The smallest absolute Gasteiger partial charge is 0.338 e. The average molecular weight is 434 g/mol. The van der Waals surface area contributed by atoms with Crippen molar-refractivity contribution in [3.63, 3.8) is 0 Å². The standard InChI is InChI=1S/C25H26N2O5/c1-15-10-11-18(12-16(15)2)26-22(28)14-32-25(31)17-6-5-7-19(13-17)27-23(29)20-8-3-4-9-21(20)24(27)30/h5-7,10-13,20-21H,3-4,8-9,14H2,1-2H3,(H,26,28)/t20-,21+. The Kier molecular flexibility index (Phi) is 6.08. The van der Waals surface area contributed by atoms with Gasteiger partial charge in [0.15, 0.2) is 6.61 Å². The van der Waals surface area contributed by atoms with E-state index in [0.29, 0.717) is 11.4 Å². The van der Waals surface area contributed by atoms with Crippen LogP contribution in [0.25, 0.3) is 0 Å². The summed E-state index contributed by atoms with van der Waals surface area (Å²) in [6.45, 7) is 3.48. The molecule has 3 amide bonds. The third-order valence-corrected chi connectivity index (χ3v) is 6.31. The molecule has 2 aliphatic rings. The molecule has 7 nitrogen and oxygen atoms in total. The molecule has 1 aliphatic carbocycles. The van der Waals surface area contributed by atoms with Crippen molar-refractivity contribution in [1.29, 1.82) is 0 Å². The second kappa shape index (κ2) is 8.94. The Bertz CT molecular complexity index is 1070. The summed E-state index contributed by atoms with van der Waals surface area (Å²) in [7, 11) is 0. The number of anilines is 2. The van der Waals surface area contributed by atoms with E-state index in [1.165, 1.54) is 17.0 Å². The first kappa shape index (κ1) is 21.7. The molecule has 0 radical (unpaired) electrons. The van der Waals surface area contributed by atoms with Gasteiger partial charge in [0, 0.05) is 5.69 Å². The van der Waals surface area contributed by atoms with Crippen molar-refractivity contribution in [3.05, 3.63) is 59.2 Å². The summed E-state index contributed by atoms with van der Waals surface area (Å²) in [5, 5.41) is 2.70. The molecule has 32 heavy (non-hydrogen) atoms. The molecule has 0 aromatic heterocycles. The fourth-order valence-electron chi connectivity index (χ4n) is 4.42. The van der Waals surface area contributed by atoms with Gasteiger partial charge in [-0.2, -0.15) is 0 Å². The van der Waals surface area contributed by atoms with E-state index < -0.39 is 18.5 Å². The number of ether oxygens (including phenoxy) is 1. The molecule has 1 N–H and O–H groups in total. The molecule has 2 fully saturated rings. The van der Waals surface area contributed by atoms with Crippen molar-refractivity contribution in [3.8, 4) is 0 Å². The number of nitrogens with zero attached hydrogens (tertiary/aromatic N) is 1. The summed E-state index contributed by atoms with van der Waals surface area (Å²) in [6.07, 6.45) is 3.35. The van der Waals surface area contributed by atoms with Gasteiger partial charge in [0.2, 0.25) is 11.8 Å². The fourth-order valence-corrected chi connectivity index (χ4v) is 4.42. The van der Waals surface area contributed by atoms with E-state index in [1.54, 1.807) is 18.2 Å². The number of fused-ring (bicyclic) bond motifs is 1. The van der Waals surface area contributed by atoms with Gasteiger partial charge in [0.25, 0.3) is 5.91 Å². The normalized spacial score (nSPS) is 20.1. The van der Waals surface area contributed by atoms with Crippen LogP contribution < -0.4 is 10.2 Å². The first-order valence-corrected chi connectivity index (χ1v) is 10.9. The minimum absolute atomic E-state index is 0.178. The molecule has 0 unspecified atom stereocenters. The highest BCUT2D eigenvalue weighted by Gasteiger charge is 2.48. The summed E-state index contributed by atoms with van der Waals surface area (Å²) in [6, 6.07) is 11.8. The summed E-state index contributed by atoms with van der Waals surface area (Å²) in [5.41, 5.74) is 3.33. The average Bonchev–Trinajstić information content (AvgIpc) is 3.05. The zero-order valence-corrected chi connectivity index (χ0v) is 18.2. The number of imide groups is 1. The number of amides is 3. The van der Waals surface area contributed by atoms with Crippen molar-refractivity contribution >= 4 is 35.1 Å².